The van der Waals surface area contributed by atoms with Crippen molar-refractivity contribution >= 4 is 17.6 Å². The molecule has 0 fully saturated rings. The number of hydrogen-bond donors (Lipinski definition) is 1. The molecule has 0 aliphatic rings. The Morgan fingerprint density at radius 2 is 1.71 bits per heavy atom. The Balaban J connectivity index is 1.88. The smallest absolute Gasteiger partial charge is 0.416 e. The maximum absolute atomic E-state index is 13.0. The summed E-state index contributed by atoms with van der Waals surface area (Å²) in [7, 11) is 0. The van der Waals surface area contributed by atoms with Gasteiger partial charge in [-0.05, 0) is 42.5 Å². The fourth-order valence-electron chi connectivity index (χ4n) is 1.77. The van der Waals surface area contributed by atoms with Crippen LogP contribution in [-0.2, 0) is 15.7 Å². The predicted octanol–water partition coefficient (Wildman–Crippen LogP) is 3.64. The van der Waals surface area contributed by atoms with E-state index in [1.807, 2.05) is 0 Å². The topological polar surface area (TPSA) is 55.4 Å². The second kappa shape index (κ2) is 7.12. The minimum absolute atomic E-state index is 0.0580. The van der Waals surface area contributed by atoms with Gasteiger partial charge in [0.25, 0.3) is 5.91 Å². The molecule has 4 nitrogen and oxygen atoms in total. The van der Waals surface area contributed by atoms with E-state index < -0.39 is 36.0 Å². The standard InChI is InChI=1S/C16H11F4NO3/c17-12-3-1-2-10(8-12)15(23)24-9-14(22)21-13-6-4-11(5-7-13)16(18,19)20/h1-8H,9H2,(H,21,22). The molecular formula is C16H11F4NO3. The summed E-state index contributed by atoms with van der Waals surface area (Å²) < 4.78 is 54.9. The highest BCUT2D eigenvalue weighted by atomic mass is 19.4. The fraction of sp³-hybridized carbons (Fsp3) is 0.125. The van der Waals surface area contributed by atoms with Crippen molar-refractivity contribution in [3.63, 3.8) is 0 Å². The van der Waals surface area contributed by atoms with Gasteiger partial charge in [0.1, 0.15) is 5.82 Å². The summed E-state index contributed by atoms with van der Waals surface area (Å²) in [5, 5.41) is 2.28. The van der Waals surface area contributed by atoms with Crippen LogP contribution in [0.5, 0.6) is 0 Å². The van der Waals surface area contributed by atoms with Gasteiger partial charge in [-0.2, -0.15) is 13.2 Å². The SMILES string of the molecule is O=C(COC(=O)c1cccc(F)c1)Nc1ccc(C(F)(F)F)cc1. The molecule has 1 N–H and O–H groups in total. The number of anilines is 1. The molecule has 0 unspecified atom stereocenters. The number of carbonyl (C=O) groups is 2. The largest absolute Gasteiger partial charge is 0.452 e. The Labute approximate surface area is 134 Å². The van der Waals surface area contributed by atoms with Gasteiger partial charge in [0.05, 0.1) is 11.1 Å². The molecule has 0 radical (unpaired) electrons. The first-order chi connectivity index (χ1) is 11.3. The van der Waals surface area contributed by atoms with Crippen molar-refractivity contribution in [2.45, 2.75) is 6.18 Å². The Kier molecular flexibility index (Phi) is 5.18. The zero-order valence-corrected chi connectivity index (χ0v) is 12.1. The first-order valence-corrected chi connectivity index (χ1v) is 6.65. The van der Waals surface area contributed by atoms with Gasteiger partial charge in [-0.3, -0.25) is 4.79 Å². The van der Waals surface area contributed by atoms with Gasteiger partial charge in [-0.25, -0.2) is 9.18 Å². The van der Waals surface area contributed by atoms with Gasteiger partial charge >= 0.3 is 12.1 Å². The molecule has 0 spiro atoms. The van der Waals surface area contributed by atoms with Crippen molar-refractivity contribution in [3.8, 4) is 0 Å². The van der Waals surface area contributed by atoms with Gasteiger partial charge in [0, 0.05) is 5.69 Å². The van der Waals surface area contributed by atoms with E-state index in [0.29, 0.717) is 0 Å². The molecule has 126 valence electrons. The van der Waals surface area contributed by atoms with Crippen LogP contribution in [0.4, 0.5) is 23.2 Å². The molecule has 8 heteroatoms. The van der Waals surface area contributed by atoms with Crippen molar-refractivity contribution in [3.05, 3.63) is 65.5 Å². The van der Waals surface area contributed by atoms with Crippen LogP contribution in [0.1, 0.15) is 15.9 Å². The Morgan fingerprint density at radius 1 is 1.04 bits per heavy atom. The highest BCUT2D eigenvalue weighted by molar-refractivity contribution is 5.95. The Bertz CT molecular complexity index is 742. The number of amides is 1. The van der Waals surface area contributed by atoms with E-state index in [4.69, 9.17) is 4.74 Å². The van der Waals surface area contributed by atoms with E-state index in [-0.39, 0.29) is 11.3 Å². The van der Waals surface area contributed by atoms with Gasteiger partial charge < -0.3 is 10.1 Å². The lowest BCUT2D eigenvalue weighted by Crippen LogP contribution is -2.21. The van der Waals surface area contributed by atoms with Crippen molar-refractivity contribution < 1.29 is 31.9 Å². The van der Waals surface area contributed by atoms with Crippen LogP contribution in [0.15, 0.2) is 48.5 Å². The number of rotatable bonds is 4. The normalized spacial score (nSPS) is 11.0. The predicted molar refractivity (Wildman–Crippen MR) is 76.8 cm³/mol. The van der Waals surface area contributed by atoms with E-state index in [2.05, 4.69) is 5.32 Å². The Hall–Kier alpha value is -2.90. The lowest BCUT2D eigenvalue weighted by atomic mass is 10.2. The molecule has 0 saturated heterocycles. The summed E-state index contributed by atoms with van der Waals surface area (Å²) in [4.78, 5) is 23.2. The van der Waals surface area contributed by atoms with E-state index in [1.165, 1.54) is 12.1 Å². The maximum atomic E-state index is 13.0. The van der Waals surface area contributed by atoms with Crippen LogP contribution in [-0.4, -0.2) is 18.5 Å². The number of ether oxygens (including phenoxy) is 1. The number of esters is 1. The molecule has 0 aliphatic heterocycles. The number of nitrogens with one attached hydrogen (secondary N) is 1. The molecule has 2 rings (SSSR count). The lowest BCUT2D eigenvalue weighted by Gasteiger charge is -2.09. The van der Waals surface area contributed by atoms with Crippen molar-refractivity contribution in [2.75, 3.05) is 11.9 Å². The molecule has 0 bridgehead atoms. The number of halogens is 4. The number of benzene rings is 2. The highest BCUT2D eigenvalue weighted by Gasteiger charge is 2.29. The third-order valence-electron chi connectivity index (χ3n) is 2.89. The quantitative estimate of drug-likeness (QED) is 0.682. The monoisotopic (exact) mass is 341 g/mol. The molecule has 0 saturated carbocycles. The van der Waals surface area contributed by atoms with E-state index in [9.17, 15) is 27.2 Å². The van der Waals surface area contributed by atoms with E-state index in [1.54, 1.807) is 0 Å². The molecule has 0 aromatic heterocycles. The summed E-state index contributed by atoms with van der Waals surface area (Å²) in [6, 6.07) is 8.52. The first kappa shape index (κ1) is 17.5. The third-order valence-corrected chi connectivity index (χ3v) is 2.89. The molecule has 0 aliphatic carbocycles. The minimum atomic E-state index is -4.47. The second-order valence-electron chi connectivity index (χ2n) is 4.71. The lowest BCUT2D eigenvalue weighted by molar-refractivity contribution is -0.137. The van der Waals surface area contributed by atoms with Crippen LogP contribution in [0.2, 0.25) is 0 Å². The summed E-state index contributed by atoms with van der Waals surface area (Å²) >= 11 is 0. The zero-order chi connectivity index (χ0) is 17.7. The van der Waals surface area contributed by atoms with Crippen molar-refractivity contribution in [1.29, 1.82) is 0 Å². The molecule has 0 heterocycles. The number of carbonyl (C=O) groups excluding carboxylic acids is 2. The van der Waals surface area contributed by atoms with Gasteiger partial charge in [-0.15, -0.1) is 0 Å². The van der Waals surface area contributed by atoms with Gasteiger partial charge in [-0.1, -0.05) is 6.07 Å². The highest BCUT2D eigenvalue weighted by Crippen LogP contribution is 2.29. The van der Waals surface area contributed by atoms with E-state index in [0.717, 1.165) is 36.4 Å². The average Bonchev–Trinajstić information content (AvgIpc) is 2.52. The maximum Gasteiger partial charge on any atom is 0.416 e. The van der Waals surface area contributed by atoms with Crippen molar-refractivity contribution in [1.82, 2.24) is 0 Å². The second-order valence-corrected chi connectivity index (χ2v) is 4.71. The Morgan fingerprint density at radius 3 is 2.29 bits per heavy atom. The van der Waals surface area contributed by atoms with Gasteiger partial charge in [0.15, 0.2) is 6.61 Å². The molecule has 24 heavy (non-hydrogen) atoms. The average molecular weight is 341 g/mol. The zero-order valence-electron chi connectivity index (χ0n) is 12.1. The summed E-state index contributed by atoms with van der Waals surface area (Å²) in [6.07, 6.45) is -4.47. The molecular weight excluding hydrogens is 330 g/mol. The molecule has 0 atom stereocenters. The van der Waals surface area contributed by atoms with Crippen molar-refractivity contribution in [2.24, 2.45) is 0 Å². The first-order valence-electron chi connectivity index (χ1n) is 6.65. The summed E-state index contributed by atoms with van der Waals surface area (Å²) in [5.74, 6) is -2.25. The summed E-state index contributed by atoms with van der Waals surface area (Å²) in [5.41, 5.74) is -0.787. The van der Waals surface area contributed by atoms with Crippen LogP contribution < -0.4 is 5.32 Å². The van der Waals surface area contributed by atoms with Crippen LogP contribution in [0.25, 0.3) is 0 Å². The molecule has 2 aromatic carbocycles. The molecule has 1 amide bonds. The van der Waals surface area contributed by atoms with Crippen LogP contribution in [0, 0.1) is 5.82 Å². The van der Waals surface area contributed by atoms with E-state index >= 15 is 0 Å². The molecule has 2 aromatic rings. The number of alkyl halides is 3. The number of hydrogen-bond acceptors (Lipinski definition) is 3. The van der Waals surface area contributed by atoms with Gasteiger partial charge in [0.2, 0.25) is 0 Å². The third kappa shape index (κ3) is 4.80. The minimum Gasteiger partial charge on any atom is -0.452 e. The van der Waals surface area contributed by atoms with Crippen LogP contribution in [0.3, 0.4) is 0 Å². The fourth-order valence-corrected chi connectivity index (χ4v) is 1.77. The van der Waals surface area contributed by atoms with Crippen LogP contribution >= 0.6 is 0 Å². The summed E-state index contributed by atoms with van der Waals surface area (Å²) in [6.45, 7) is -0.656.